The highest BCUT2D eigenvalue weighted by molar-refractivity contribution is 5.78. The third-order valence-electron chi connectivity index (χ3n) is 2.72. The molecule has 0 fully saturated rings. The molecule has 0 aliphatic carbocycles. The van der Waals surface area contributed by atoms with Gasteiger partial charge in [0.15, 0.2) is 0 Å². The second kappa shape index (κ2) is 3.65. The lowest BCUT2D eigenvalue weighted by atomic mass is 10.3. The smallest absolute Gasteiger partial charge is 0.262 e. The van der Waals surface area contributed by atoms with E-state index in [4.69, 9.17) is 0 Å². The molecule has 86 valence electrons. The topological polar surface area (TPSA) is 65.1 Å². The summed E-state index contributed by atoms with van der Waals surface area (Å²) in [6.07, 6.45) is 5.57. The van der Waals surface area contributed by atoms with E-state index in [9.17, 15) is 4.79 Å². The van der Waals surface area contributed by atoms with Crippen molar-refractivity contribution in [3.63, 3.8) is 0 Å². The van der Waals surface area contributed by atoms with Crippen molar-refractivity contribution >= 4 is 16.7 Å². The lowest BCUT2D eigenvalue weighted by molar-refractivity contribution is 0.660. The molecule has 0 radical (unpaired) electrons. The molecule has 3 rings (SSSR count). The van der Waals surface area contributed by atoms with Gasteiger partial charge in [0.2, 0.25) is 5.78 Å². The molecule has 0 N–H and O–H groups in total. The van der Waals surface area contributed by atoms with E-state index >= 15 is 0 Å². The summed E-state index contributed by atoms with van der Waals surface area (Å²) in [4.78, 5) is 20.4. The van der Waals surface area contributed by atoms with E-state index in [-0.39, 0.29) is 5.56 Å². The summed E-state index contributed by atoms with van der Waals surface area (Å²) in [7, 11) is 0. The van der Waals surface area contributed by atoms with Crippen LogP contribution in [0.1, 0.15) is 13.3 Å². The Morgan fingerprint density at radius 1 is 1.41 bits per heavy atom. The summed E-state index contributed by atoms with van der Waals surface area (Å²) in [5, 5.41) is 4.75. The van der Waals surface area contributed by atoms with Gasteiger partial charge in [0.1, 0.15) is 6.33 Å². The number of fused-ring (bicyclic) bond motifs is 3. The van der Waals surface area contributed by atoms with Crippen molar-refractivity contribution < 1.29 is 0 Å². The molecule has 0 saturated carbocycles. The summed E-state index contributed by atoms with van der Waals surface area (Å²) in [6.45, 7) is 2.66. The predicted molar refractivity (Wildman–Crippen MR) is 62.8 cm³/mol. The first-order chi connectivity index (χ1) is 8.33. The Bertz CT molecular complexity index is 742. The molecule has 3 aromatic heterocycles. The minimum absolute atomic E-state index is 0.0373. The fourth-order valence-electron chi connectivity index (χ4n) is 1.99. The van der Waals surface area contributed by atoms with Crippen LogP contribution in [0.15, 0.2) is 29.6 Å². The van der Waals surface area contributed by atoms with Crippen molar-refractivity contribution in [2.24, 2.45) is 0 Å². The molecule has 0 aromatic carbocycles. The summed E-state index contributed by atoms with van der Waals surface area (Å²) >= 11 is 0. The zero-order valence-corrected chi connectivity index (χ0v) is 9.37. The SMILES string of the molecule is CCCn1c(=O)c2ccncc2n2ncnc12. The highest BCUT2D eigenvalue weighted by Crippen LogP contribution is 2.09. The van der Waals surface area contributed by atoms with Crippen molar-refractivity contribution in [1.82, 2.24) is 24.1 Å². The number of hydrogen-bond acceptors (Lipinski definition) is 4. The highest BCUT2D eigenvalue weighted by Gasteiger charge is 2.11. The Labute approximate surface area is 96.5 Å². The first kappa shape index (κ1) is 9.95. The molecule has 0 bridgehead atoms. The molecule has 6 nitrogen and oxygen atoms in total. The van der Waals surface area contributed by atoms with Gasteiger partial charge in [-0.25, -0.2) is 0 Å². The number of pyridine rings is 1. The van der Waals surface area contributed by atoms with Gasteiger partial charge < -0.3 is 0 Å². The Morgan fingerprint density at radius 3 is 3.12 bits per heavy atom. The van der Waals surface area contributed by atoms with Crippen LogP contribution in [0, 0.1) is 0 Å². The summed E-state index contributed by atoms with van der Waals surface area (Å²) < 4.78 is 3.30. The average Bonchev–Trinajstić information content (AvgIpc) is 2.84. The van der Waals surface area contributed by atoms with E-state index in [2.05, 4.69) is 15.1 Å². The van der Waals surface area contributed by atoms with Gasteiger partial charge in [-0.05, 0) is 12.5 Å². The van der Waals surface area contributed by atoms with Gasteiger partial charge >= 0.3 is 0 Å². The molecule has 3 heterocycles. The largest absolute Gasteiger partial charge is 0.276 e. The van der Waals surface area contributed by atoms with E-state index < -0.39 is 0 Å². The van der Waals surface area contributed by atoms with Gasteiger partial charge in [-0.15, -0.1) is 0 Å². The second-order valence-electron chi connectivity index (χ2n) is 3.82. The second-order valence-corrected chi connectivity index (χ2v) is 3.82. The Morgan fingerprint density at radius 2 is 2.29 bits per heavy atom. The molecular weight excluding hydrogens is 218 g/mol. The van der Waals surface area contributed by atoms with Crippen LogP contribution in [0.2, 0.25) is 0 Å². The molecule has 17 heavy (non-hydrogen) atoms. The third kappa shape index (κ3) is 1.33. The molecule has 0 aliphatic rings. The molecule has 0 amide bonds. The maximum absolute atomic E-state index is 12.3. The van der Waals surface area contributed by atoms with Crippen LogP contribution in [0.3, 0.4) is 0 Å². The summed E-state index contributed by atoms with van der Waals surface area (Å²) in [6, 6.07) is 1.71. The van der Waals surface area contributed by atoms with Crippen LogP contribution < -0.4 is 5.56 Å². The van der Waals surface area contributed by atoms with E-state index in [1.807, 2.05) is 6.92 Å². The zero-order valence-electron chi connectivity index (χ0n) is 9.37. The molecule has 3 aromatic rings. The van der Waals surface area contributed by atoms with Crippen LogP contribution in [-0.4, -0.2) is 24.1 Å². The standard InChI is InChI=1S/C11H11N5O/c1-2-5-15-10(17)8-3-4-12-6-9(8)16-11(15)13-7-14-16/h3-4,6-7H,2,5H2,1H3. The normalized spacial score (nSPS) is 11.4. The van der Waals surface area contributed by atoms with Crippen molar-refractivity contribution in [2.75, 3.05) is 0 Å². The van der Waals surface area contributed by atoms with Gasteiger partial charge in [-0.3, -0.25) is 14.3 Å². The van der Waals surface area contributed by atoms with Crippen LogP contribution in [-0.2, 0) is 6.54 Å². The molecular formula is C11H11N5O. The quantitative estimate of drug-likeness (QED) is 0.653. The zero-order chi connectivity index (χ0) is 11.8. The summed E-state index contributed by atoms with van der Waals surface area (Å²) in [5.41, 5.74) is 0.655. The van der Waals surface area contributed by atoms with Crippen LogP contribution >= 0.6 is 0 Å². The molecule has 0 unspecified atom stereocenters. The van der Waals surface area contributed by atoms with E-state index in [0.717, 1.165) is 6.42 Å². The lowest BCUT2D eigenvalue weighted by Gasteiger charge is -2.07. The van der Waals surface area contributed by atoms with Gasteiger partial charge in [0, 0.05) is 12.7 Å². The molecule has 0 spiro atoms. The van der Waals surface area contributed by atoms with Crippen LogP contribution in [0.5, 0.6) is 0 Å². The predicted octanol–water partition coefficient (Wildman–Crippen LogP) is 0.849. The van der Waals surface area contributed by atoms with Crippen molar-refractivity contribution in [3.8, 4) is 0 Å². The first-order valence-corrected chi connectivity index (χ1v) is 5.49. The molecule has 0 saturated heterocycles. The van der Waals surface area contributed by atoms with Crippen molar-refractivity contribution in [1.29, 1.82) is 0 Å². The van der Waals surface area contributed by atoms with Gasteiger partial charge in [0.05, 0.1) is 17.1 Å². The monoisotopic (exact) mass is 229 g/mol. The van der Waals surface area contributed by atoms with Gasteiger partial charge in [-0.1, -0.05) is 6.92 Å². The van der Waals surface area contributed by atoms with E-state index in [0.29, 0.717) is 23.2 Å². The molecule has 6 heteroatoms. The Hall–Kier alpha value is -2.24. The Balaban J connectivity index is 2.56. The lowest BCUT2D eigenvalue weighted by Crippen LogP contribution is -2.23. The van der Waals surface area contributed by atoms with Crippen molar-refractivity contribution in [2.45, 2.75) is 19.9 Å². The number of rotatable bonds is 2. The number of hydrogen-bond donors (Lipinski definition) is 0. The first-order valence-electron chi connectivity index (χ1n) is 5.49. The maximum Gasteiger partial charge on any atom is 0.262 e. The van der Waals surface area contributed by atoms with Gasteiger partial charge in [0.25, 0.3) is 5.56 Å². The third-order valence-corrected chi connectivity index (χ3v) is 2.72. The number of nitrogens with zero attached hydrogens (tertiary/aromatic N) is 5. The van der Waals surface area contributed by atoms with Gasteiger partial charge in [-0.2, -0.15) is 14.6 Å². The van der Waals surface area contributed by atoms with E-state index in [1.165, 1.54) is 6.33 Å². The van der Waals surface area contributed by atoms with E-state index in [1.54, 1.807) is 27.5 Å². The molecule has 0 atom stereocenters. The minimum Gasteiger partial charge on any atom is -0.276 e. The highest BCUT2D eigenvalue weighted by atomic mass is 16.1. The maximum atomic E-state index is 12.3. The summed E-state index contributed by atoms with van der Waals surface area (Å²) in [5.74, 6) is 0.567. The fourth-order valence-corrected chi connectivity index (χ4v) is 1.99. The fraction of sp³-hybridized carbons (Fsp3) is 0.273. The van der Waals surface area contributed by atoms with Crippen molar-refractivity contribution in [3.05, 3.63) is 35.1 Å². The number of aromatic nitrogens is 5. The Kier molecular flexibility index (Phi) is 2.14. The number of aryl methyl sites for hydroxylation is 1. The minimum atomic E-state index is -0.0373. The van der Waals surface area contributed by atoms with Crippen LogP contribution in [0.25, 0.3) is 16.7 Å². The molecule has 0 aliphatic heterocycles. The average molecular weight is 229 g/mol. The van der Waals surface area contributed by atoms with Crippen LogP contribution in [0.4, 0.5) is 0 Å².